The molecule has 0 amide bonds. The minimum absolute atomic E-state index is 0.639. The molecule has 9 heteroatoms. The van der Waals surface area contributed by atoms with Crippen molar-refractivity contribution in [3.63, 3.8) is 0 Å². The first-order valence-electron chi connectivity index (χ1n) is 9.28. The Labute approximate surface area is 166 Å². The molecular formula is C19H20N8S. The van der Waals surface area contributed by atoms with Crippen molar-refractivity contribution >= 4 is 27.5 Å². The lowest BCUT2D eigenvalue weighted by Gasteiger charge is -2.15. The highest BCUT2D eigenvalue weighted by Gasteiger charge is 2.24. The number of H-pyrrole nitrogens is 1. The minimum Gasteiger partial charge on any atom is -0.339 e. The molecule has 0 bridgehead atoms. The monoisotopic (exact) mass is 392 g/mol. The Morgan fingerprint density at radius 3 is 2.93 bits per heavy atom. The normalized spacial score (nSPS) is 16.9. The summed E-state index contributed by atoms with van der Waals surface area (Å²) >= 11 is 1.60. The summed E-state index contributed by atoms with van der Waals surface area (Å²) in [5.41, 5.74) is 6.66. The van der Waals surface area contributed by atoms with E-state index in [0.717, 1.165) is 58.7 Å². The molecule has 8 nitrogen and oxygen atoms in total. The molecule has 1 fully saturated rings. The van der Waals surface area contributed by atoms with Crippen LogP contribution >= 0.6 is 11.3 Å². The zero-order valence-electron chi connectivity index (χ0n) is 15.5. The predicted molar refractivity (Wildman–Crippen MR) is 110 cm³/mol. The fourth-order valence-electron chi connectivity index (χ4n) is 3.79. The van der Waals surface area contributed by atoms with Gasteiger partial charge in [0.15, 0.2) is 0 Å². The van der Waals surface area contributed by atoms with Gasteiger partial charge < -0.3 is 10.2 Å². The molecule has 1 unspecified atom stereocenters. The summed E-state index contributed by atoms with van der Waals surface area (Å²) in [6.07, 6.45) is 6.66. The van der Waals surface area contributed by atoms with Crippen LogP contribution in [0.15, 0.2) is 36.2 Å². The number of nitrogens with one attached hydrogen (secondary N) is 2. The Hall–Kier alpha value is -2.91. The number of aromatic nitrogens is 6. The number of benzene rings is 1. The summed E-state index contributed by atoms with van der Waals surface area (Å²) in [6, 6.07) is 4.12. The molecule has 0 spiro atoms. The van der Waals surface area contributed by atoms with Crippen LogP contribution in [0.25, 0.3) is 32.6 Å². The van der Waals surface area contributed by atoms with E-state index in [2.05, 4.69) is 52.7 Å². The van der Waals surface area contributed by atoms with E-state index in [1.807, 2.05) is 25.0 Å². The second-order valence-corrected chi connectivity index (χ2v) is 7.83. The van der Waals surface area contributed by atoms with Gasteiger partial charge in [-0.15, -0.1) is 21.5 Å². The highest BCUT2D eigenvalue weighted by molar-refractivity contribution is 7.17. The first kappa shape index (κ1) is 17.2. The second-order valence-electron chi connectivity index (χ2n) is 6.98. The molecule has 5 rings (SSSR count). The van der Waals surface area contributed by atoms with E-state index in [0.29, 0.717) is 11.9 Å². The number of anilines is 1. The van der Waals surface area contributed by atoms with E-state index in [9.17, 15) is 0 Å². The number of aromatic amines is 1. The number of hydrogen-bond donors (Lipinski definition) is 2. The fraction of sp³-hybridized carbons (Fsp3) is 0.316. The van der Waals surface area contributed by atoms with E-state index in [1.165, 1.54) is 0 Å². The molecule has 2 N–H and O–H groups in total. The second kappa shape index (κ2) is 7.25. The third kappa shape index (κ3) is 3.02. The zero-order valence-corrected chi connectivity index (χ0v) is 16.3. The van der Waals surface area contributed by atoms with E-state index in [4.69, 9.17) is 0 Å². The molecule has 0 radical (unpaired) electrons. The van der Waals surface area contributed by atoms with Gasteiger partial charge in [-0.2, -0.15) is 5.10 Å². The largest absolute Gasteiger partial charge is 0.339 e. The third-order valence-corrected chi connectivity index (χ3v) is 6.04. The average molecular weight is 392 g/mol. The SMILES string of the molecule is CNCC1CCN(c2ncc(-c3ccc(-c4cn[nH]c4)c4ncsc34)nn2)C1. The Morgan fingerprint density at radius 1 is 1.21 bits per heavy atom. The van der Waals surface area contributed by atoms with E-state index in [1.54, 1.807) is 17.5 Å². The van der Waals surface area contributed by atoms with Crippen LogP contribution in [0.1, 0.15) is 6.42 Å². The van der Waals surface area contributed by atoms with Crippen molar-refractivity contribution < 1.29 is 0 Å². The summed E-state index contributed by atoms with van der Waals surface area (Å²) < 4.78 is 1.08. The van der Waals surface area contributed by atoms with Crippen molar-refractivity contribution in [3.8, 4) is 22.4 Å². The predicted octanol–water partition coefficient (Wildman–Crippen LogP) is 2.58. The van der Waals surface area contributed by atoms with Gasteiger partial charge in [0.1, 0.15) is 5.69 Å². The summed E-state index contributed by atoms with van der Waals surface area (Å²) in [4.78, 5) is 11.4. The lowest BCUT2D eigenvalue weighted by molar-refractivity contribution is 0.548. The lowest BCUT2D eigenvalue weighted by Crippen LogP contribution is -2.25. The Morgan fingerprint density at radius 2 is 2.14 bits per heavy atom. The molecule has 1 aromatic carbocycles. The van der Waals surface area contributed by atoms with Crippen LogP contribution in [0, 0.1) is 5.92 Å². The summed E-state index contributed by atoms with van der Waals surface area (Å²) in [5, 5.41) is 19.0. The molecule has 0 aliphatic carbocycles. The highest BCUT2D eigenvalue weighted by atomic mass is 32.1. The Kier molecular flexibility index (Phi) is 4.46. The average Bonchev–Trinajstić information content (AvgIpc) is 3.49. The first-order chi connectivity index (χ1) is 13.8. The maximum absolute atomic E-state index is 4.60. The minimum atomic E-state index is 0.639. The maximum Gasteiger partial charge on any atom is 0.245 e. The van der Waals surface area contributed by atoms with Gasteiger partial charge in [-0.05, 0) is 25.9 Å². The summed E-state index contributed by atoms with van der Waals surface area (Å²) in [7, 11) is 1.99. The molecule has 1 atom stereocenters. The van der Waals surface area contributed by atoms with Crippen LogP contribution in [-0.2, 0) is 0 Å². The van der Waals surface area contributed by atoms with Crippen molar-refractivity contribution in [1.29, 1.82) is 0 Å². The standard InChI is InChI=1S/C19H20N8S/c1-20-6-12-4-5-27(10-12)19-21-9-16(25-26-19)15-3-2-14(13-7-23-24-8-13)17-18(15)28-11-22-17/h2-3,7-9,11-12,20H,4-6,10H2,1H3,(H,23,24). The van der Waals surface area contributed by atoms with Crippen LogP contribution in [0.3, 0.4) is 0 Å². The molecule has 1 aliphatic rings. The quantitative estimate of drug-likeness (QED) is 0.539. The molecule has 1 saturated heterocycles. The Bertz CT molecular complexity index is 1070. The van der Waals surface area contributed by atoms with Gasteiger partial charge in [-0.3, -0.25) is 5.10 Å². The van der Waals surface area contributed by atoms with Crippen molar-refractivity contribution in [2.24, 2.45) is 5.92 Å². The van der Waals surface area contributed by atoms with Crippen LogP contribution in [0.2, 0.25) is 0 Å². The molecule has 0 saturated carbocycles. The van der Waals surface area contributed by atoms with Gasteiger partial charge in [0, 0.05) is 36.0 Å². The number of nitrogens with zero attached hydrogens (tertiary/aromatic N) is 6. The highest BCUT2D eigenvalue weighted by Crippen LogP contribution is 2.36. The van der Waals surface area contributed by atoms with Crippen molar-refractivity contribution in [2.45, 2.75) is 6.42 Å². The topological polar surface area (TPSA) is 95.5 Å². The fourth-order valence-corrected chi connectivity index (χ4v) is 4.63. The van der Waals surface area contributed by atoms with Crippen LogP contribution in [0.5, 0.6) is 0 Å². The smallest absolute Gasteiger partial charge is 0.245 e. The van der Waals surface area contributed by atoms with Gasteiger partial charge in [-0.25, -0.2) is 9.97 Å². The van der Waals surface area contributed by atoms with Gasteiger partial charge >= 0.3 is 0 Å². The van der Waals surface area contributed by atoms with E-state index >= 15 is 0 Å². The molecule has 142 valence electrons. The van der Waals surface area contributed by atoms with E-state index < -0.39 is 0 Å². The zero-order chi connectivity index (χ0) is 18.9. The van der Waals surface area contributed by atoms with Crippen LogP contribution in [0.4, 0.5) is 5.95 Å². The third-order valence-electron chi connectivity index (χ3n) is 5.18. The van der Waals surface area contributed by atoms with Crippen molar-refractivity contribution in [3.05, 3.63) is 36.2 Å². The van der Waals surface area contributed by atoms with Gasteiger partial charge in [0.25, 0.3) is 0 Å². The van der Waals surface area contributed by atoms with Crippen LogP contribution in [-0.4, -0.2) is 57.0 Å². The number of hydrogen-bond acceptors (Lipinski definition) is 8. The number of thiazole rings is 1. The summed E-state index contributed by atoms with van der Waals surface area (Å²) in [6.45, 7) is 2.97. The van der Waals surface area contributed by atoms with Crippen molar-refractivity contribution in [2.75, 3.05) is 31.6 Å². The molecular weight excluding hydrogens is 372 g/mol. The summed E-state index contributed by atoms with van der Waals surface area (Å²) in [5.74, 6) is 1.35. The Balaban J connectivity index is 1.45. The number of fused-ring (bicyclic) bond motifs is 1. The number of rotatable bonds is 5. The maximum atomic E-state index is 4.60. The van der Waals surface area contributed by atoms with E-state index in [-0.39, 0.29) is 0 Å². The molecule has 4 heterocycles. The van der Waals surface area contributed by atoms with Gasteiger partial charge in [0.2, 0.25) is 5.95 Å². The first-order valence-corrected chi connectivity index (χ1v) is 10.2. The van der Waals surface area contributed by atoms with Gasteiger partial charge in [0.05, 0.1) is 28.1 Å². The van der Waals surface area contributed by atoms with Gasteiger partial charge in [-0.1, -0.05) is 12.1 Å². The van der Waals surface area contributed by atoms with Crippen LogP contribution < -0.4 is 10.2 Å². The lowest BCUT2D eigenvalue weighted by atomic mass is 10.0. The molecule has 4 aromatic rings. The molecule has 1 aliphatic heterocycles. The molecule has 3 aromatic heterocycles. The van der Waals surface area contributed by atoms with Crippen molar-refractivity contribution in [1.82, 2.24) is 35.7 Å². The molecule has 28 heavy (non-hydrogen) atoms.